The van der Waals surface area contributed by atoms with Crippen LogP contribution < -0.4 is 10.1 Å². The van der Waals surface area contributed by atoms with Crippen molar-refractivity contribution in [2.24, 2.45) is 0 Å². The molecule has 0 aliphatic carbocycles. The Morgan fingerprint density at radius 1 is 1.13 bits per heavy atom. The van der Waals surface area contributed by atoms with Crippen molar-refractivity contribution in [1.29, 1.82) is 0 Å². The smallest absolute Gasteiger partial charge is 0.387 e. The number of hydrogen-bond donors (Lipinski definition) is 2. The second-order valence-electron chi connectivity index (χ2n) is 6.45. The van der Waals surface area contributed by atoms with Crippen molar-refractivity contribution in [2.75, 3.05) is 6.54 Å². The highest BCUT2D eigenvalue weighted by Gasteiger charge is 2.11. The molecule has 2 N–H and O–H groups in total. The molecular weight excluding hydrogens is 396 g/mol. The van der Waals surface area contributed by atoms with Gasteiger partial charge in [-0.25, -0.2) is 0 Å². The molecule has 3 aromatic rings. The number of halogens is 2. The molecule has 158 valence electrons. The van der Waals surface area contributed by atoms with Gasteiger partial charge in [0.2, 0.25) is 11.7 Å². The normalized spacial score (nSPS) is 12.0. The van der Waals surface area contributed by atoms with Crippen LogP contribution in [0, 0.1) is 0 Å². The molecule has 1 unspecified atom stereocenters. The van der Waals surface area contributed by atoms with E-state index in [1.165, 1.54) is 29.1 Å². The molecule has 10 heteroatoms. The monoisotopic (exact) mass is 417 g/mol. The van der Waals surface area contributed by atoms with Gasteiger partial charge in [0.1, 0.15) is 5.75 Å². The molecule has 0 saturated heterocycles. The van der Waals surface area contributed by atoms with Crippen LogP contribution in [0.25, 0.3) is 11.4 Å². The largest absolute Gasteiger partial charge is 0.435 e. The average Bonchev–Trinajstić information content (AvgIpc) is 3.22. The molecule has 0 aliphatic heterocycles. The molecule has 1 aromatic heterocycles. The molecule has 2 aromatic carbocycles. The molecule has 8 nitrogen and oxygen atoms in total. The van der Waals surface area contributed by atoms with Crippen molar-refractivity contribution in [2.45, 2.75) is 32.1 Å². The first-order valence-corrected chi connectivity index (χ1v) is 9.34. The summed E-state index contributed by atoms with van der Waals surface area (Å²) in [6, 6.07) is 15.1. The standard InChI is InChI=1S/C20H21F2N5O3/c21-20(22)30-16-10-8-14(9-11-16)17(28)13-23-18(29)7-4-12-27-25-19(24-26-27)15-5-2-1-3-6-15/h1-3,5-6,8-11,17,20,28H,4,7,12-13H2,(H,23,29). The van der Waals surface area contributed by atoms with Crippen LogP contribution in [0.3, 0.4) is 0 Å². The van der Waals surface area contributed by atoms with Crippen molar-refractivity contribution in [3.05, 3.63) is 60.2 Å². The Balaban J connectivity index is 1.38. The molecule has 0 spiro atoms. The summed E-state index contributed by atoms with van der Waals surface area (Å²) in [4.78, 5) is 13.4. The minimum absolute atomic E-state index is 0.00197. The van der Waals surface area contributed by atoms with Gasteiger partial charge >= 0.3 is 6.61 Å². The van der Waals surface area contributed by atoms with Gasteiger partial charge in [-0.2, -0.15) is 13.6 Å². The fourth-order valence-electron chi connectivity index (χ4n) is 2.71. The number of benzene rings is 2. The van der Waals surface area contributed by atoms with Crippen LogP contribution in [0.15, 0.2) is 54.6 Å². The average molecular weight is 417 g/mol. The Labute approximate surface area is 171 Å². The van der Waals surface area contributed by atoms with Crippen LogP contribution in [0.5, 0.6) is 5.75 Å². The SMILES string of the molecule is O=C(CCCn1nnc(-c2ccccc2)n1)NCC(O)c1ccc(OC(F)F)cc1. The van der Waals surface area contributed by atoms with Crippen LogP contribution in [0.4, 0.5) is 8.78 Å². The third-order valence-corrected chi connectivity index (χ3v) is 4.23. The van der Waals surface area contributed by atoms with E-state index in [0.717, 1.165) is 5.56 Å². The lowest BCUT2D eigenvalue weighted by molar-refractivity contribution is -0.121. The van der Waals surface area contributed by atoms with E-state index in [1.807, 2.05) is 30.3 Å². The van der Waals surface area contributed by atoms with Gasteiger partial charge in [-0.15, -0.1) is 10.2 Å². The number of aryl methyl sites for hydroxylation is 1. The summed E-state index contributed by atoms with van der Waals surface area (Å²) in [7, 11) is 0. The Kier molecular flexibility index (Phi) is 7.39. The highest BCUT2D eigenvalue weighted by atomic mass is 19.3. The number of carbonyl (C=O) groups is 1. The number of nitrogens with one attached hydrogen (secondary N) is 1. The van der Waals surface area contributed by atoms with E-state index in [0.29, 0.717) is 24.4 Å². The van der Waals surface area contributed by atoms with Gasteiger partial charge in [-0.05, 0) is 29.3 Å². The topological polar surface area (TPSA) is 102 Å². The van der Waals surface area contributed by atoms with Crippen molar-refractivity contribution in [1.82, 2.24) is 25.5 Å². The maximum Gasteiger partial charge on any atom is 0.387 e. The van der Waals surface area contributed by atoms with Crippen molar-refractivity contribution < 1.29 is 23.4 Å². The molecule has 0 aliphatic rings. The fourth-order valence-corrected chi connectivity index (χ4v) is 2.71. The first kappa shape index (κ1) is 21.3. The quantitative estimate of drug-likeness (QED) is 0.526. The Morgan fingerprint density at radius 3 is 2.57 bits per heavy atom. The minimum atomic E-state index is -2.90. The number of aliphatic hydroxyl groups excluding tert-OH is 1. The number of rotatable bonds is 10. The molecule has 1 heterocycles. The lowest BCUT2D eigenvalue weighted by atomic mass is 10.1. The van der Waals surface area contributed by atoms with E-state index < -0.39 is 12.7 Å². The summed E-state index contributed by atoms with van der Waals surface area (Å²) in [5, 5.41) is 25.0. The minimum Gasteiger partial charge on any atom is -0.435 e. The van der Waals surface area contributed by atoms with Gasteiger partial charge in [-0.3, -0.25) is 4.79 Å². The molecule has 1 amide bonds. The van der Waals surface area contributed by atoms with Crippen LogP contribution in [0.1, 0.15) is 24.5 Å². The molecular formula is C20H21F2N5O3. The second-order valence-corrected chi connectivity index (χ2v) is 6.45. The number of aromatic nitrogens is 4. The second kappa shape index (κ2) is 10.4. The third kappa shape index (κ3) is 6.31. The van der Waals surface area contributed by atoms with Crippen molar-refractivity contribution in [3.63, 3.8) is 0 Å². The molecule has 0 bridgehead atoms. The highest BCUT2D eigenvalue weighted by Crippen LogP contribution is 2.19. The van der Waals surface area contributed by atoms with Gasteiger partial charge in [0.05, 0.1) is 12.6 Å². The summed E-state index contributed by atoms with van der Waals surface area (Å²) in [6.07, 6.45) is -0.220. The summed E-state index contributed by atoms with van der Waals surface area (Å²) in [5.41, 5.74) is 1.35. The summed E-state index contributed by atoms with van der Waals surface area (Å²) in [6.45, 7) is -2.47. The van der Waals surface area contributed by atoms with Crippen LogP contribution in [-0.2, 0) is 11.3 Å². The predicted octanol–water partition coefficient (Wildman–Crippen LogP) is 2.57. The number of amides is 1. The van der Waals surface area contributed by atoms with E-state index in [9.17, 15) is 18.7 Å². The highest BCUT2D eigenvalue weighted by molar-refractivity contribution is 5.75. The number of hydrogen-bond acceptors (Lipinski definition) is 6. The van der Waals surface area contributed by atoms with Crippen LogP contribution in [0.2, 0.25) is 0 Å². The number of aliphatic hydroxyl groups is 1. The summed E-state index contributed by atoms with van der Waals surface area (Å²) < 4.78 is 28.5. The van der Waals surface area contributed by atoms with Crippen molar-refractivity contribution in [3.8, 4) is 17.1 Å². The third-order valence-electron chi connectivity index (χ3n) is 4.23. The van der Waals surface area contributed by atoms with E-state index in [-0.39, 0.29) is 24.6 Å². The molecule has 3 rings (SSSR count). The molecule has 30 heavy (non-hydrogen) atoms. The first-order valence-electron chi connectivity index (χ1n) is 9.34. The Bertz CT molecular complexity index is 935. The van der Waals surface area contributed by atoms with Gasteiger partial charge in [-0.1, -0.05) is 42.5 Å². The molecule has 0 saturated carbocycles. The van der Waals surface area contributed by atoms with Crippen LogP contribution >= 0.6 is 0 Å². The number of alkyl halides is 2. The van der Waals surface area contributed by atoms with Gasteiger partial charge < -0.3 is 15.2 Å². The van der Waals surface area contributed by atoms with E-state index in [2.05, 4.69) is 25.5 Å². The number of ether oxygens (including phenoxy) is 1. The van der Waals surface area contributed by atoms with Gasteiger partial charge in [0, 0.05) is 18.5 Å². The van der Waals surface area contributed by atoms with E-state index in [4.69, 9.17) is 0 Å². The number of nitrogens with zero attached hydrogens (tertiary/aromatic N) is 4. The number of carbonyl (C=O) groups excluding carboxylic acids is 1. The van der Waals surface area contributed by atoms with Gasteiger partial charge in [0.15, 0.2) is 0 Å². The lowest BCUT2D eigenvalue weighted by Crippen LogP contribution is -2.28. The summed E-state index contributed by atoms with van der Waals surface area (Å²) >= 11 is 0. The van der Waals surface area contributed by atoms with Crippen LogP contribution in [-0.4, -0.2) is 44.4 Å². The van der Waals surface area contributed by atoms with E-state index >= 15 is 0 Å². The zero-order valence-electron chi connectivity index (χ0n) is 16.0. The maximum absolute atomic E-state index is 12.1. The Hall–Kier alpha value is -3.40. The molecule has 1 atom stereocenters. The van der Waals surface area contributed by atoms with E-state index in [1.54, 1.807) is 0 Å². The zero-order valence-corrected chi connectivity index (χ0v) is 16.0. The molecule has 0 fully saturated rings. The summed E-state index contributed by atoms with van der Waals surface area (Å²) in [5.74, 6) is 0.297. The van der Waals surface area contributed by atoms with Gasteiger partial charge in [0.25, 0.3) is 0 Å². The lowest BCUT2D eigenvalue weighted by Gasteiger charge is -2.13. The number of tetrazole rings is 1. The zero-order chi connectivity index (χ0) is 21.3. The fraction of sp³-hybridized carbons (Fsp3) is 0.300. The maximum atomic E-state index is 12.1. The first-order chi connectivity index (χ1) is 14.5. The predicted molar refractivity (Wildman–Crippen MR) is 104 cm³/mol. The van der Waals surface area contributed by atoms with Crippen molar-refractivity contribution >= 4 is 5.91 Å². The Morgan fingerprint density at radius 2 is 1.87 bits per heavy atom. The molecule has 0 radical (unpaired) electrons.